The summed E-state index contributed by atoms with van der Waals surface area (Å²) in [6.07, 6.45) is 1.86. The van der Waals surface area contributed by atoms with Crippen molar-refractivity contribution in [3.05, 3.63) is 54.0 Å². The van der Waals surface area contributed by atoms with E-state index in [2.05, 4.69) is 10.1 Å². The molecule has 0 fully saturated rings. The summed E-state index contributed by atoms with van der Waals surface area (Å²) in [6, 6.07) is 9.04. The summed E-state index contributed by atoms with van der Waals surface area (Å²) in [6.45, 7) is 0. The first kappa shape index (κ1) is 13.3. The SMILES string of the molecule is O/N=C(\Cl)Cc1ccc(Oc2ccc(F)cc2)nc1. The number of halogens is 2. The van der Waals surface area contributed by atoms with Gasteiger partial charge in [0, 0.05) is 18.7 Å². The Balaban J connectivity index is 2.04. The summed E-state index contributed by atoms with van der Waals surface area (Å²) in [4.78, 5) is 4.07. The van der Waals surface area contributed by atoms with Gasteiger partial charge in [-0.25, -0.2) is 9.37 Å². The highest BCUT2D eigenvalue weighted by Gasteiger charge is 2.02. The zero-order valence-electron chi connectivity index (χ0n) is 9.75. The Kier molecular flexibility index (Phi) is 4.30. The molecule has 0 aliphatic carbocycles. The number of nitrogens with zero attached hydrogens (tertiary/aromatic N) is 2. The highest BCUT2D eigenvalue weighted by Crippen LogP contribution is 2.19. The lowest BCUT2D eigenvalue weighted by Gasteiger charge is -2.05. The number of pyridine rings is 1. The topological polar surface area (TPSA) is 54.7 Å². The maximum absolute atomic E-state index is 12.7. The third kappa shape index (κ3) is 3.93. The van der Waals surface area contributed by atoms with Gasteiger partial charge < -0.3 is 9.94 Å². The van der Waals surface area contributed by atoms with Crippen LogP contribution in [0.3, 0.4) is 0 Å². The van der Waals surface area contributed by atoms with E-state index < -0.39 is 0 Å². The first-order chi connectivity index (χ1) is 9.17. The average molecular weight is 281 g/mol. The minimum Gasteiger partial charge on any atom is -0.439 e. The fraction of sp³-hybridized carbons (Fsp3) is 0.0769. The van der Waals surface area contributed by atoms with Crippen LogP contribution in [0.15, 0.2) is 47.8 Å². The lowest BCUT2D eigenvalue weighted by atomic mass is 10.2. The Bertz CT molecular complexity index is 570. The number of oxime groups is 1. The quantitative estimate of drug-likeness (QED) is 0.529. The summed E-state index contributed by atoms with van der Waals surface area (Å²) >= 11 is 5.59. The summed E-state index contributed by atoms with van der Waals surface area (Å²) in [5.74, 6) is 0.553. The van der Waals surface area contributed by atoms with Gasteiger partial charge in [-0.05, 0) is 29.8 Å². The molecule has 0 saturated carbocycles. The number of hydrogen-bond donors (Lipinski definition) is 1. The van der Waals surface area contributed by atoms with Crippen molar-refractivity contribution in [3.63, 3.8) is 0 Å². The highest BCUT2D eigenvalue weighted by atomic mass is 35.5. The molecule has 1 aromatic carbocycles. The van der Waals surface area contributed by atoms with E-state index in [0.29, 0.717) is 18.1 Å². The highest BCUT2D eigenvalue weighted by molar-refractivity contribution is 6.65. The fourth-order valence-corrected chi connectivity index (χ4v) is 1.56. The zero-order valence-corrected chi connectivity index (χ0v) is 10.5. The molecule has 0 bridgehead atoms. The van der Waals surface area contributed by atoms with Gasteiger partial charge in [0.1, 0.15) is 16.7 Å². The standard InChI is InChI=1S/C13H10ClFN2O2/c14-12(17-18)7-9-1-6-13(16-8-9)19-11-4-2-10(15)3-5-11/h1-6,8,18H,7H2/b17-12-. The predicted molar refractivity (Wildman–Crippen MR) is 69.5 cm³/mol. The molecule has 98 valence electrons. The smallest absolute Gasteiger partial charge is 0.219 e. The van der Waals surface area contributed by atoms with Crippen LogP contribution in [0.4, 0.5) is 4.39 Å². The molecule has 0 unspecified atom stereocenters. The second-order valence-electron chi connectivity index (χ2n) is 3.71. The third-order valence-corrected chi connectivity index (χ3v) is 2.50. The molecule has 6 heteroatoms. The van der Waals surface area contributed by atoms with E-state index in [4.69, 9.17) is 21.5 Å². The average Bonchev–Trinajstić information content (AvgIpc) is 2.43. The summed E-state index contributed by atoms with van der Waals surface area (Å²) in [5, 5.41) is 11.4. The molecule has 1 heterocycles. The van der Waals surface area contributed by atoms with Gasteiger partial charge in [0.25, 0.3) is 0 Å². The molecule has 19 heavy (non-hydrogen) atoms. The van der Waals surface area contributed by atoms with Crippen molar-refractivity contribution in [1.29, 1.82) is 0 Å². The fourth-order valence-electron chi connectivity index (χ4n) is 1.40. The van der Waals surface area contributed by atoms with Crippen LogP contribution in [-0.2, 0) is 6.42 Å². The molecule has 2 aromatic rings. The maximum Gasteiger partial charge on any atom is 0.219 e. The number of aromatic nitrogens is 1. The molecule has 0 radical (unpaired) electrons. The Morgan fingerprint density at radius 3 is 2.58 bits per heavy atom. The second-order valence-corrected chi connectivity index (χ2v) is 4.15. The first-order valence-electron chi connectivity index (χ1n) is 5.42. The normalized spacial score (nSPS) is 11.4. The van der Waals surface area contributed by atoms with Crippen LogP contribution in [0.5, 0.6) is 11.6 Å². The maximum atomic E-state index is 12.7. The minimum absolute atomic E-state index is 0.0778. The molecule has 0 saturated heterocycles. The van der Waals surface area contributed by atoms with E-state index in [1.165, 1.54) is 24.3 Å². The summed E-state index contributed by atoms with van der Waals surface area (Å²) in [5.41, 5.74) is 0.786. The van der Waals surface area contributed by atoms with E-state index in [-0.39, 0.29) is 11.0 Å². The Morgan fingerprint density at radius 1 is 1.26 bits per heavy atom. The molecule has 1 N–H and O–H groups in total. The van der Waals surface area contributed by atoms with Gasteiger partial charge >= 0.3 is 0 Å². The lowest BCUT2D eigenvalue weighted by molar-refractivity contribution is 0.319. The van der Waals surface area contributed by atoms with Crippen molar-refractivity contribution in [2.75, 3.05) is 0 Å². The van der Waals surface area contributed by atoms with Crippen molar-refractivity contribution in [3.8, 4) is 11.6 Å². The van der Waals surface area contributed by atoms with E-state index in [1.807, 2.05) is 0 Å². The molecule has 0 aliphatic heterocycles. The van der Waals surface area contributed by atoms with Crippen LogP contribution in [0.2, 0.25) is 0 Å². The van der Waals surface area contributed by atoms with Crippen molar-refractivity contribution in [1.82, 2.24) is 4.98 Å². The summed E-state index contributed by atoms with van der Waals surface area (Å²) < 4.78 is 18.1. The monoisotopic (exact) mass is 280 g/mol. The minimum atomic E-state index is -0.325. The third-order valence-electron chi connectivity index (χ3n) is 2.29. The second kappa shape index (κ2) is 6.15. The molecule has 0 amide bonds. The lowest BCUT2D eigenvalue weighted by Crippen LogP contribution is -1.96. The molecule has 4 nitrogen and oxygen atoms in total. The van der Waals surface area contributed by atoms with Crippen molar-refractivity contribution < 1.29 is 14.3 Å². The Hall–Kier alpha value is -2.14. The van der Waals surface area contributed by atoms with Gasteiger partial charge in [-0.1, -0.05) is 22.8 Å². The van der Waals surface area contributed by atoms with Gasteiger partial charge in [0.05, 0.1) is 0 Å². The van der Waals surface area contributed by atoms with Gasteiger partial charge in [0.15, 0.2) is 0 Å². The number of ether oxygens (including phenoxy) is 1. The van der Waals surface area contributed by atoms with Crippen molar-refractivity contribution in [2.24, 2.45) is 5.16 Å². The van der Waals surface area contributed by atoms with Crippen LogP contribution in [0.25, 0.3) is 0 Å². The number of benzene rings is 1. The van der Waals surface area contributed by atoms with Crippen LogP contribution >= 0.6 is 11.6 Å². The molecule has 0 spiro atoms. The molecule has 1 aromatic heterocycles. The Morgan fingerprint density at radius 2 is 2.00 bits per heavy atom. The van der Waals surface area contributed by atoms with Gasteiger partial charge in [-0.3, -0.25) is 0 Å². The molecular weight excluding hydrogens is 271 g/mol. The summed E-state index contributed by atoms with van der Waals surface area (Å²) in [7, 11) is 0. The van der Waals surface area contributed by atoms with Gasteiger partial charge in [-0.2, -0.15) is 0 Å². The van der Waals surface area contributed by atoms with E-state index in [0.717, 1.165) is 5.56 Å². The van der Waals surface area contributed by atoms with Crippen molar-refractivity contribution >= 4 is 16.8 Å². The molecule has 2 rings (SSSR count). The number of rotatable bonds is 4. The molecule has 0 atom stereocenters. The zero-order chi connectivity index (χ0) is 13.7. The van der Waals surface area contributed by atoms with Crippen LogP contribution < -0.4 is 4.74 Å². The largest absolute Gasteiger partial charge is 0.439 e. The van der Waals surface area contributed by atoms with Crippen LogP contribution in [0.1, 0.15) is 5.56 Å². The Labute approximate surface area is 114 Å². The molecule has 0 aliphatic rings. The van der Waals surface area contributed by atoms with Crippen LogP contribution in [-0.4, -0.2) is 15.4 Å². The predicted octanol–water partition coefficient (Wildman–Crippen LogP) is 3.58. The first-order valence-corrected chi connectivity index (χ1v) is 5.80. The van der Waals surface area contributed by atoms with E-state index in [9.17, 15) is 4.39 Å². The number of hydrogen-bond acceptors (Lipinski definition) is 4. The van der Waals surface area contributed by atoms with E-state index in [1.54, 1.807) is 18.3 Å². The van der Waals surface area contributed by atoms with Crippen LogP contribution in [0, 0.1) is 5.82 Å². The van der Waals surface area contributed by atoms with Crippen molar-refractivity contribution in [2.45, 2.75) is 6.42 Å². The van der Waals surface area contributed by atoms with Gasteiger partial charge in [-0.15, -0.1) is 0 Å². The van der Waals surface area contributed by atoms with Gasteiger partial charge in [0.2, 0.25) is 5.88 Å². The van der Waals surface area contributed by atoms with E-state index >= 15 is 0 Å². The molecular formula is C13H10ClFN2O2.